The molecule has 118 valence electrons. The van der Waals surface area contributed by atoms with Gasteiger partial charge >= 0.3 is 0 Å². The fraction of sp³-hybridized carbons (Fsp3) is 0.167. The Morgan fingerprint density at radius 2 is 1.57 bits per heavy atom. The molecule has 0 unspecified atom stereocenters. The van der Waals surface area contributed by atoms with Crippen molar-refractivity contribution >= 4 is 0 Å². The van der Waals surface area contributed by atoms with Crippen molar-refractivity contribution < 1.29 is 18.7 Å². The normalized spacial score (nSPS) is 10.3. The van der Waals surface area contributed by atoms with Gasteiger partial charge in [-0.3, -0.25) is 0 Å². The van der Waals surface area contributed by atoms with Crippen LogP contribution in [0.1, 0.15) is 12.7 Å². The van der Waals surface area contributed by atoms with Crippen molar-refractivity contribution in [2.75, 3.05) is 6.61 Å². The summed E-state index contributed by atoms with van der Waals surface area (Å²) in [4.78, 5) is 0. The summed E-state index contributed by atoms with van der Waals surface area (Å²) >= 11 is 0. The fourth-order valence-corrected chi connectivity index (χ4v) is 1.96. The summed E-state index contributed by atoms with van der Waals surface area (Å²) in [6.07, 6.45) is 0. The second kappa shape index (κ2) is 7.35. The Bertz CT molecular complexity index is 722. The summed E-state index contributed by atoms with van der Waals surface area (Å²) < 4.78 is 21.7. The third-order valence-corrected chi connectivity index (χ3v) is 3.01. The van der Waals surface area contributed by atoms with Crippen LogP contribution in [-0.2, 0) is 6.61 Å². The highest BCUT2D eigenvalue weighted by Crippen LogP contribution is 2.24. The maximum Gasteiger partial charge on any atom is 0.254 e. The Morgan fingerprint density at radius 3 is 2.30 bits per heavy atom. The molecule has 0 spiro atoms. The maximum atomic E-state index is 5.73. The SMILES string of the molecule is CCOc1cc(COc2ccc(Oc3ccccc3)cc2)on1. The molecule has 0 aliphatic rings. The number of rotatable bonds is 7. The number of aromatic nitrogens is 1. The number of hydrogen-bond donors (Lipinski definition) is 0. The van der Waals surface area contributed by atoms with Crippen molar-refractivity contribution in [2.24, 2.45) is 0 Å². The lowest BCUT2D eigenvalue weighted by Gasteiger charge is -2.07. The van der Waals surface area contributed by atoms with Gasteiger partial charge in [0.15, 0.2) is 5.76 Å². The first-order chi connectivity index (χ1) is 11.3. The van der Waals surface area contributed by atoms with E-state index in [4.69, 9.17) is 18.7 Å². The number of benzene rings is 2. The number of para-hydroxylation sites is 1. The van der Waals surface area contributed by atoms with Crippen molar-refractivity contribution in [2.45, 2.75) is 13.5 Å². The predicted octanol–water partition coefficient (Wildman–Crippen LogP) is 4.44. The van der Waals surface area contributed by atoms with E-state index < -0.39 is 0 Å². The van der Waals surface area contributed by atoms with Crippen LogP contribution in [0, 0.1) is 0 Å². The molecule has 23 heavy (non-hydrogen) atoms. The molecule has 1 aromatic heterocycles. The van der Waals surface area contributed by atoms with Gasteiger partial charge in [0.25, 0.3) is 5.88 Å². The molecule has 3 rings (SSSR count). The van der Waals surface area contributed by atoms with E-state index in [-0.39, 0.29) is 0 Å². The van der Waals surface area contributed by atoms with Crippen LogP contribution in [0.3, 0.4) is 0 Å². The number of hydrogen-bond acceptors (Lipinski definition) is 5. The van der Waals surface area contributed by atoms with E-state index in [0.29, 0.717) is 24.9 Å². The van der Waals surface area contributed by atoms with Crippen molar-refractivity contribution in [1.82, 2.24) is 5.16 Å². The van der Waals surface area contributed by atoms with Crippen molar-refractivity contribution in [3.63, 3.8) is 0 Å². The van der Waals surface area contributed by atoms with Gasteiger partial charge in [-0.05, 0) is 48.5 Å². The molecule has 3 aromatic rings. The minimum atomic E-state index is 0.291. The highest BCUT2D eigenvalue weighted by Gasteiger charge is 2.05. The van der Waals surface area contributed by atoms with Crippen molar-refractivity contribution in [1.29, 1.82) is 0 Å². The Kier molecular flexibility index (Phi) is 4.79. The van der Waals surface area contributed by atoms with Crippen LogP contribution in [0.2, 0.25) is 0 Å². The van der Waals surface area contributed by atoms with Crippen LogP contribution < -0.4 is 14.2 Å². The molecule has 0 atom stereocenters. The van der Waals surface area contributed by atoms with Gasteiger partial charge in [0.2, 0.25) is 0 Å². The summed E-state index contributed by atoms with van der Waals surface area (Å²) in [5, 5.41) is 3.78. The minimum absolute atomic E-state index is 0.291. The molecule has 0 fully saturated rings. The Morgan fingerprint density at radius 1 is 0.870 bits per heavy atom. The first-order valence-corrected chi connectivity index (χ1v) is 7.37. The molecule has 0 aliphatic carbocycles. The van der Waals surface area contributed by atoms with Crippen LogP contribution in [0.25, 0.3) is 0 Å². The zero-order chi connectivity index (χ0) is 15.9. The molecule has 0 radical (unpaired) electrons. The van der Waals surface area contributed by atoms with E-state index in [0.717, 1.165) is 17.2 Å². The molecule has 0 saturated heterocycles. The molecular weight excluding hydrogens is 294 g/mol. The zero-order valence-corrected chi connectivity index (χ0v) is 12.8. The molecule has 2 aromatic carbocycles. The Labute approximate surface area is 134 Å². The Hall–Kier alpha value is -2.95. The van der Waals surface area contributed by atoms with Gasteiger partial charge in [0.1, 0.15) is 23.9 Å². The van der Waals surface area contributed by atoms with Gasteiger partial charge in [-0.1, -0.05) is 18.2 Å². The monoisotopic (exact) mass is 311 g/mol. The topological polar surface area (TPSA) is 53.7 Å². The molecule has 0 saturated carbocycles. The fourth-order valence-electron chi connectivity index (χ4n) is 1.96. The van der Waals surface area contributed by atoms with Gasteiger partial charge < -0.3 is 18.7 Å². The Balaban J connectivity index is 1.54. The first kappa shape index (κ1) is 15.0. The maximum absolute atomic E-state index is 5.73. The average Bonchev–Trinajstić information content (AvgIpc) is 3.03. The second-order valence-electron chi connectivity index (χ2n) is 4.74. The second-order valence-corrected chi connectivity index (χ2v) is 4.74. The van der Waals surface area contributed by atoms with E-state index in [1.54, 1.807) is 6.07 Å². The summed E-state index contributed by atoms with van der Waals surface area (Å²) in [6, 6.07) is 18.7. The third kappa shape index (κ3) is 4.26. The van der Waals surface area contributed by atoms with Crippen molar-refractivity contribution in [3.05, 3.63) is 66.4 Å². The molecule has 5 nitrogen and oxygen atoms in total. The minimum Gasteiger partial charge on any atom is -0.486 e. The molecule has 0 amide bonds. The summed E-state index contributed by atoms with van der Waals surface area (Å²) in [5.41, 5.74) is 0. The van der Waals surface area contributed by atoms with Crippen LogP contribution in [0.4, 0.5) is 0 Å². The number of ether oxygens (including phenoxy) is 3. The lowest BCUT2D eigenvalue weighted by Crippen LogP contribution is -1.94. The smallest absolute Gasteiger partial charge is 0.254 e. The van der Waals surface area contributed by atoms with E-state index in [1.807, 2.05) is 61.5 Å². The molecular formula is C18H17NO4. The standard InChI is InChI=1S/C18H17NO4/c1-2-20-18-12-17(23-19-18)13-21-14-8-10-16(11-9-14)22-15-6-4-3-5-7-15/h3-12H,2,13H2,1H3. The average molecular weight is 311 g/mol. The van der Waals surface area contributed by atoms with Gasteiger partial charge in [-0.2, -0.15) is 0 Å². The summed E-state index contributed by atoms with van der Waals surface area (Å²) in [7, 11) is 0. The van der Waals surface area contributed by atoms with E-state index >= 15 is 0 Å². The van der Waals surface area contributed by atoms with Gasteiger partial charge in [0, 0.05) is 6.07 Å². The largest absolute Gasteiger partial charge is 0.486 e. The highest BCUT2D eigenvalue weighted by atomic mass is 16.5. The van der Waals surface area contributed by atoms with Crippen LogP contribution in [-0.4, -0.2) is 11.8 Å². The lowest BCUT2D eigenvalue weighted by atomic mass is 10.3. The van der Waals surface area contributed by atoms with Gasteiger partial charge in [0.05, 0.1) is 6.61 Å². The molecule has 0 aliphatic heterocycles. The zero-order valence-electron chi connectivity index (χ0n) is 12.8. The van der Waals surface area contributed by atoms with Crippen LogP contribution in [0.5, 0.6) is 23.1 Å². The molecule has 0 N–H and O–H groups in total. The molecule has 1 heterocycles. The lowest BCUT2D eigenvalue weighted by molar-refractivity contribution is 0.240. The number of nitrogens with zero attached hydrogens (tertiary/aromatic N) is 1. The van der Waals surface area contributed by atoms with E-state index in [9.17, 15) is 0 Å². The van der Waals surface area contributed by atoms with E-state index in [1.165, 1.54) is 0 Å². The van der Waals surface area contributed by atoms with Gasteiger partial charge in [-0.25, -0.2) is 0 Å². The third-order valence-electron chi connectivity index (χ3n) is 3.01. The van der Waals surface area contributed by atoms with Crippen LogP contribution in [0.15, 0.2) is 65.2 Å². The first-order valence-electron chi connectivity index (χ1n) is 7.37. The van der Waals surface area contributed by atoms with Gasteiger partial charge in [-0.15, -0.1) is 0 Å². The van der Waals surface area contributed by atoms with Crippen molar-refractivity contribution in [3.8, 4) is 23.1 Å². The quantitative estimate of drug-likeness (QED) is 0.645. The highest BCUT2D eigenvalue weighted by molar-refractivity contribution is 5.35. The summed E-state index contributed by atoms with van der Waals surface area (Å²) in [5.74, 6) is 3.35. The van der Waals surface area contributed by atoms with Crippen LogP contribution >= 0.6 is 0 Å². The molecule has 5 heteroatoms. The molecule has 0 bridgehead atoms. The van der Waals surface area contributed by atoms with E-state index in [2.05, 4.69) is 5.16 Å². The predicted molar refractivity (Wildman–Crippen MR) is 85.0 cm³/mol. The summed E-state index contributed by atoms with van der Waals surface area (Å²) in [6.45, 7) is 2.73.